The van der Waals surface area contributed by atoms with Crippen molar-refractivity contribution in [1.29, 1.82) is 5.26 Å². The molecule has 0 aromatic heterocycles. The van der Waals surface area contributed by atoms with E-state index in [0.29, 0.717) is 0 Å². The fourth-order valence-electron chi connectivity index (χ4n) is 1.23. The summed E-state index contributed by atoms with van der Waals surface area (Å²) in [6, 6.07) is 5.25. The highest BCUT2D eigenvalue weighted by Gasteiger charge is 2.14. The Morgan fingerprint density at radius 1 is 1.61 bits per heavy atom. The van der Waals surface area contributed by atoms with E-state index in [-0.39, 0.29) is 11.1 Å². The second-order valence-electron chi connectivity index (χ2n) is 3.25. The summed E-state index contributed by atoms with van der Waals surface area (Å²) in [7, 11) is 1.37. The predicted octanol–water partition coefficient (Wildman–Crippen LogP) is 0.953. The molecule has 2 N–H and O–H groups in total. The largest absolute Gasteiger partial charge is 0.502 e. The van der Waals surface area contributed by atoms with Gasteiger partial charge in [-0.3, -0.25) is 14.9 Å². The van der Waals surface area contributed by atoms with Gasteiger partial charge in [0.15, 0.2) is 5.75 Å². The van der Waals surface area contributed by atoms with Gasteiger partial charge in [-0.1, -0.05) is 6.07 Å². The van der Waals surface area contributed by atoms with Gasteiger partial charge in [0.25, 0.3) is 5.91 Å². The van der Waals surface area contributed by atoms with Crippen LogP contribution in [0.3, 0.4) is 0 Å². The number of nitriles is 1. The number of carbonyl (C=O) groups excluding carboxylic acids is 1. The van der Waals surface area contributed by atoms with Gasteiger partial charge in [-0.2, -0.15) is 5.26 Å². The van der Waals surface area contributed by atoms with E-state index in [1.165, 1.54) is 19.2 Å². The van der Waals surface area contributed by atoms with E-state index < -0.39 is 22.3 Å². The number of rotatable bonds is 3. The molecule has 0 aliphatic rings. The quantitative estimate of drug-likeness (QED) is 0.357. The third-order valence-electron chi connectivity index (χ3n) is 2.10. The normalized spacial score (nSPS) is 10.6. The van der Waals surface area contributed by atoms with Gasteiger partial charge in [-0.15, -0.1) is 0 Å². The van der Waals surface area contributed by atoms with E-state index in [0.717, 1.165) is 12.1 Å². The summed E-state index contributed by atoms with van der Waals surface area (Å²) in [6.07, 6.45) is 1.20. The van der Waals surface area contributed by atoms with Crippen molar-refractivity contribution >= 4 is 17.7 Å². The lowest BCUT2D eigenvalue weighted by Crippen LogP contribution is -2.19. The number of phenols is 1. The SMILES string of the molecule is CNC(=O)C(C#N)=Cc1ccc(O)c([N+](=O)[O-])c1. The highest BCUT2D eigenvalue weighted by Crippen LogP contribution is 2.27. The summed E-state index contributed by atoms with van der Waals surface area (Å²) in [4.78, 5) is 21.1. The van der Waals surface area contributed by atoms with Gasteiger partial charge in [0, 0.05) is 13.1 Å². The number of likely N-dealkylation sites (N-methyl/N-ethyl adjacent to an activating group) is 1. The molecule has 0 aliphatic heterocycles. The van der Waals surface area contributed by atoms with Gasteiger partial charge in [0.1, 0.15) is 11.6 Å². The maximum atomic E-state index is 11.2. The lowest BCUT2D eigenvalue weighted by molar-refractivity contribution is -0.385. The molecule has 0 saturated carbocycles. The van der Waals surface area contributed by atoms with Crippen molar-refractivity contribution in [3.05, 3.63) is 39.4 Å². The molecule has 1 amide bonds. The van der Waals surface area contributed by atoms with Gasteiger partial charge in [0.05, 0.1) is 4.92 Å². The van der Waals surface area contributed by atoms with Crippen LogP contribution in [0.5, 0.6) is 5.75 Å². The van der Waals surface area contributed by atoms with E-state index in [4.69, 9.17) is 5.26 Å². The smallest absolute Gasteiger partial charge is 0.311 e. The van der Waals surface area contributed by atoms with Gasteiger partial charge in [-0.25, -0.2) is 0 Å². The van der Waals surface area contributed by atoms with Gasteiger partial charge < -0.3 is 10.4 Å². The summed E-state index contributed by atoms with van der Waals surface area (Å²) in [5, 5.41) is 30.9. The molecular formula is C11H9N3O4. The van der Waals surface area contributed by atoms with Gasteiger partial charge in [0.2, 0.25) is 0 Å². The summed E-state index contributed by atoms with van der Waals surface area (Å²) in [5.41, 5.74) is -0.393. The predicted molar refractivity (Wildman–Crippen MR) is 62.4 cm³/mol. The van der Waals surface area contributed by atoms with E-state index in [1.54, 1.807) is 6.07 Å². The Morgan fingerprint density at radius 3 is 2.78 bits per heavy atom. The number of benzene rings is 1. The van der Waals surface area contributed by atoms with Gasteiger partial charge >= 0.3 is 5.69 Å². The van der Waals surface area contributed by atoms with Crippen LogP contribution in [0.15, 0.2) is 23.8 Å². The molecule has 0 spiro atoms. The van der Waals surface area contributed by atoms with Crippen LogP contribution in [0.1, 0.15) is 5.56 Å². The molecule has 1 aromatic rings. The molecule has 0 radical (unpaired) electrons. The first kappa shape index (κ1) is 13.2. The van der Waals surface area contributed by atoms with E-state index >= 15 is 0 Å². The van der Waals surface area contributed by atoms with Crippen LogP contribution in [-0.2, 0) is 4.79 Å². The molecule has 0 aliphatic carbocycles. The Labute approximate surface area is 102 Å². The standard InChI is InChI=1S/C11H9N3O4/c1-13-11(16)8(6-12)4-7-2-3-10(15)9(5-7)14(17)18/h2-5,15H,1H3,(H,13,16). The van der Waals surface area contributed by atoms with Crippen molar-refractivity contribution in [2.75, 3.05) is 7.05 Å². The zero-order valence-corrected chi connectivity index (χ0v) is 9.38. The number of hydrogen-bond acceptors (Lipinski definition) is 5. The van der Waals surface area contributed by atoms with E-state index in [2.05, 4.69) is 5.32 Å². The first-order valence-electron chi connectivity index (χ1n) is 4.81. The maximum Gasteiger partial charge on any atom is 0.311 e. The maximum absolute atomic E-state index is 11.2. The molecule has 0 fully saturated rings. The number of phenolic OH excluding ortho intramolecular Hbond substituents is 1. The number of aromatic hydroxyl groups is 1. The first-order valence-corrected chi connectivity index (χ1v) is 4.81. The van der Waals surface area contributed by atoms with E-state index in [1.807, 2.05) is 0 Å². The minimum atomic E-state index is -0.751. The molecular weight excluding hydrogens is 238 g/mol. The molecule has 1 aromatic carbocycles. The third-order valence-corrected chi connectivity index (χ3v) is 2.10. The van der Waals surface area contributed by atoms with Crippen molar-refractivity contribution in [3.8, 4) is 11.8 Å². The summed E-state index contributed by atoms with van der Waals surface area (Å²) < 4.78 is 0. The molecule has 0 atom stereocenters. The number of nitrogens with one attached hydrogen (secondary N) is 1. The Hall–Kier alpha value is -2.88. The molecule has 7 heteroatoms. The van der Waals surface area contributed by atoms with Crippen LogP contribution in [0, 0.1) is 21.4 Å². The Bertz CT molecular complexity index is 572. The second-order valence-corrected chi connectivity index (χ2v) is 3.25. The number of carbonyl (C=O) groups is 1. The van der Waals surface area contributed by atoms with Crippen LogP contribution >= 0.6 is 0 Å². The van der Waals surface area contributed by atoms with Crippen LogP contribution < -0.4 is 5.32 Å². The average Bonchev–Trinajstić information content (AvgIpc) is 2.36. The molecule has 0 saturated heterocycles. The highest BCUT2D eigenvalue weighted by molar-refractivity contribution is 6.01. The van der Waals surface area contributed by atoms with Crippen LogP contribution in [0.4, 0.5) is 5.69 Å². The first-order chi connectivity index (χ1) is 8.49. The molecule has 0 bridgehead atoms. The summed E-state index contributed by atoms with van der Waals surface area (Å²) in [6.45, 7) is 0. The highest BCUT2D eigenvalue weighted by atomic mass is 16.6. The number of hydrogen-bond donors (Lipinski definition) is 2. The summed E-state index contributed by atoms with van der Waals surface area (Å²) >= 11 is 0. The Morgan fingerprint density at radius 2 is 2.28 bits per heavy atom. The van der Waals surface area contributed by atoms with Gasteiger partial charge in [-0.05, 0) is 17.7 Å². The molecule has 1 rings (SSSR count). The van der Waals surface area contributed by atoms with Crippen LogP contribution in [0.25, 0.3) is 6.08 Å². The van der Waals surface area contributed by atoms with Crippen LogP contribution in [-0.4, -0.2) is 23.0 Å². The fourth-order valence-corrected chi connectivity index (χ4v) is 1.23. The minimum Gasteiger partial charge on any atom is -0.502 e. The third kappa shape index (κ3) is 2.82. The number of nitro groups is 1. The molecule has 92 valence electrons. The zero-order valence-electron chi connectivity index (χ0n) is 9.38. The molecule has 0 heterocycles. The molecule has 7 nitrogen and oxygen atoms in total. The number of amides is 1. The Balaban J connectivity index is 3.23. The molecule has 18 heavy (non-hydrogen) atoms. The second kappa shape index (κ2) is 5.45. The number of nitrogens with zero attached hydrogens (tertiary/aromatic N) is 2. The Kier molecular flexibility index (Phi) is 3.99. The van der Waals surface area contributed by atoms with Crippen molar-refractivity contribution in [1.82, 2.24) is 5.32 Å². The average molecular weight is 247 g/mol. The lowest BCUT2D eigenvalue weighted by Gasteiger charge is -1.99. The van der Waals surface area contributed by atoms with E-state index in [9.17, 15) is 20.0 Å². The zero-order chi connectivity index (χ0) is 13.7. The molecule has 0 unspecified atom stereocenters. The van der Waals surface area contributed by atoms with Crippen molar-refractivity contribution in [2.45, 2.75) is 0 Å². The van der Waals surface area contributed by atoms with Crippen molar-refractivity contribution in [2.24, 2.45) is 0 Å². The monoisotopic (exact) mass is 247 g/mol. The van der Waals surface area contributed by atoms with Crippen LogP contribution in [0.2, 0.25) is 0 Å². The lowest BCUT2D eigenvalue weighted by atomic mass is 10.1. The van der Waals surface area contributed by atoms with Crippen molar-refractivity contribution in [3.63, 3.8) is 0 Å². The van der Waals surface area contributed by atoms with Crippen molar-refractivity contribution < 1.29 is 14.8 Å². The fraction of sp³-hybridized carbons (Fsp3) is 0.0909. The minimum absolute atomic E-state index is 0.183. The topological polar surface area (TPSA) is 116 Å². The summed E-state index contributed by atoms with van der Waals surface area (Å²) in [5.74, 6) is -1.07. The number of nitro benzene ring substituents is 1.